The van der Waals surface area contributed by atoms with Crippen molar-refractivity contribution in [1.29, 1.82) is 0 Å². The highest BCUT2D eigenvalue weighted by Crippen LogP contribution is 2.37. The normalized spacial score (nSPS) is 15.5. The molecule has 0 atom stereocenters. The number of rotatable bonds is 2. The SMILES string of the molecule is O=C(Nc1ccc(Cl)cc1)c1cc2c3c(c1)CCN3C(=O)CC2. The van der Waals surface area contributed by atoms with E-state index in [1.54, 1.807) is 24.3 Å². The lowest BCUT2D eigenvalue weighted by atomic mass is 9.96. The zero-order chi connectivity index (χ0) is 16.0. The summed E-state index contributed by atoms with van der Waals surface area (Å²) in [6, 6.07) is 10.9. The molecule has 2 aromatic carbocycles. The standard InChI is InChI=1S/C18H15ClN2O2/c19-14-2-4-15(5-3-14)20-18(23)13-9-11-1-6-16(22)21-8-7-12(10-13)17(11)21/h2-5,9-10H,1,6-8H2,(H,20,23). The molecule has 0 aromatic heterocycles. The predicted molar refractivity (Wildman–Crippen MR) is 90.2 cm³/mol. The van der Waals surface area contributed by atoms with E-state index in [1.807, 2.05) is 17.0 Å². The fourth-order valence-corrected chi connectivity index (χ4v) is 3.45. The Morgan fingerprint density at radius 1 is 1.04 bits per heavy atom. The van der Waals surface area contributed by atoms with E-state index in [0.717, 1.165) is 29.8 Å². The van der Waals surface area contributed by atoms with E-state index in [1.165, 1.54) is 0 Å². The molecule has 4 nitrogen and oxygen atoms in total. The minimum absolute atomic E-state index is 0.137. The second kappa shape index (κ2) is 5.39. The number of nitrogens with zero attached hydrogens (tertiary/aromatic N) is 1. The van der Waals surface area contributed by atoms with Gasteiger partial charge < -0.3 is 10.2 Å². The number of hydrogen-bond acceptors (Lipinski definition) is 2. The highest BCUT2D eigenvalue weighted by molar-refractivity contribution is 6.30. The molecule has 1 N–H and O–H groups in total. The maximum Gasteiger partial charge on any atom is 0.255 e. The highest BCUT2D eigenvalue weighted by atomic mass is 35.5. The second-order valence-corrected chi connectivity index (χ2v) is 6.34. The van der Waals surface area contributed by atoms with Gasteiger partial charge in [-0.15, -0.1) is 0 Å². The maximum absolute atomic E-state index is 12.5. The van der Waals surface area contributed by atoms with Crippen LogP contribution in [0.3, 0.4) is 0 Å². The number of halogens is 1. The molecule has 2 aromatic rings. The Balaban J connectivity index is 1.64. The van der Waals surface area contributed by atoms with Crippen LogP contribution in [0.1, 0.15) is 27.9 Å². The zero-order valence-electron chi connectivity index (χ0n) is 12.4. The highest BCUT2D eigenvalue weighted by Gasteiger charge is 2.31. The van der Waals surface area contributed by atoms with Gasteiger partial charge in [-0.3, -0.25) is 9.59 Å². The fourth-order valence-electron chi connectivity index (χ4n) is 3.33. The van der Waals surface area contributed by atoms with Gasteiger partial charge in [0.15, 0.2) is 0 Å². The Morgan fingerprint density at radius 3 is 2.48 bits per heavy atom. The second-order valence-electron chi connectivity index (χ2n) is 5.90. The molecule has 2 aliphatic rings. The van der Waals surface area contributed by atoms with E-state index in [-0.39, 0.29) is 11.8 Å². The smallest absolute Gasteiger partial charge is 0.255 e. The molecule has 0 bridgehead atoms. The molecule has 0 unspecified atom stereocenters. The van der Waals surface area contributed by atoms with Crippen LogP contribution in [-0.4, -0.2) is 18.4 Å². The molecule has 0 spiro atoms. The van der Waals surface area contributed by atoms with Gasteiger partial charge in [0.1, 0.15) is 0 Å². The number of carbonyl (C=O) groups excluding carboxylic acids is 2. The quantitative estimate of drug-likeness (QED) is 0.919. The van der Waals surface area contributed by atoms with E-state index in [9.17, 15) is 9.59 Å². The number of benzene rings is 2. The summed E-state index contributed by atoms with van der Waals surface area (Å²) < 4.78 is 0. The lowest BCUT2D eigenvalue weighted by Gasteiger charge is -2.25. The third kappa shape index (κ3) is 2.49. The van der Waals surface area contributed by atoms with Crippen LogP contribution in [-0.2, 0) is 17.6 Å². The van der Waals surface area contributed by atoms with Crippen molar-refractivity contribution < 1.29 is 9.59 Å². The number of hydrogen-bond donors (Lipinski definition) is 1. The Kier molecular flexibility index (Phi) is 3.34. The average molecular weight is 327 g/mol. The maximum atomic E-state index is 12.5. The first-order valence-corrected chi connectivity index (χ1v) is 8.03. The summed E-state index contributed by atoms with van der Waals surface area (Å²) in [7, 11) is 0. The van der Waals surface area contributed by atoms with Crippen molar-refractivity contribution in [2.45, 2.75) is 19.3 Å². The summed E-state index contributed by atoms with van der Waals surface area (Å²) in [5, 5.41) is 3.52. The molecule has 0 aliphatic carbocycles. The first kappa shape index (κ1) is 14.3. The Morgan fingerprint density at radius 2 is 1.74 bits per heavy atom. The molecule has 23 heavy (non-hydrogen) atoms. The van der Waals surface area contributed by atoms with Gasteiger partial charge in [-0.25, -0.2) is 0 Å². The number of amides is 2. The van der Waals surface area contributed by atoms with Gasteiger partial charge in [0, 0.05) is 29.2 Å². The molecule has 0 saturated carbocycles. The van der Waals surface area contributed by atoms with Crippen molar-refractivity contribution in [2.24, 2.45) is 0 Å². The van der Waals surface area contributed by atoms with Gasteiger partial charge in [-0.1, -0.05) is 11.6 Å². The van der Waals surface area contributed by atoms with Crippen LogP contribution in [0.2, 0.25) is 5.02 Å². The molecule has 2 heterocycles. The van der Waals surface area contributed by atoms with Crippen LogP contribution >= 0.6 is 11.6 Å². The van der Waals surface area contributed by atoms with Crippen LogP contribution in [0, 0.1) is 0 Å². The minimum atomic E-state index is -0.137. The molecular formula is C18H15ClN2O2. The minimum Gasteiger partial charge on any atom is -0.322 e. The third-order valence-corrected chi connectivity index (χ3v) is 4.67. The molecule has 4 rings (SSSR count). The van der Waals surface area contributed by atoms with E-state index < -0.39 is 0 Å². The van der Waals surface area contributed by atoms with Gasteiger partial charge >= 0.3 is 0 Å². The number of aryl methyl sites for hydroxylation is 1. The molecule has 0 radical (unpaired) electrons. The van der Waals surface area contributed by atoms with Gasteiger partial charge in [-0.05, 0) is 60.4 Å². The van der Waals surface area contributed by atoms with Gasteiger partial charge in [-0.2, -0.15) is 0 Å². The molecule has 2 amide bonds. The Labute approximate surface area is 139 Å². The summed E-state index contributed by atoms with van der Waals surface area (Å²) in [5.74, 6) is 0.0522. The van der Waals surface area contributed by atoms with Crippen molar-refractivity contribution in [3.8, 4) is 0 Å². The van der Waals surface area contributed by atoms with Crippen LogP contribution in [0.15, 0.2) is 36.4 Å². The first-order chi connectivity index (χ1) is 11.1. The van der Waals surface area contributed by atoms with Crippen LogP contribution in [0.25, 0.3) is 0 Å². The number of carbonyl (C=O) groups is 2. The lowest BCUT2D eigenvalue weighted by molar-refractivity contribution is -0.118. The zero-order valence-corrected chi connectivity index (χ0v) is 13.2. The van der Waals surface area contributed by atoms with Crippen LogP contribution in [0.4, 0.5) is 11.4 Å². The topological polar surface area (TPSA) is 49.4 Å². The van der Waals surface area contributed by atoms with Gasteiger partial charge in [0.25, 0.3) is 5.91 Å². The van der Waals surface area contributed by atoms with Gasteiger partial charge in [0.2, 0.25) is 5.91 Å². The van der Waals surface area contributed by atoms with Crippen molar-refractivity contribution in [3.05, 3.63) is 58.1 Å². The average Bonchev–Trinajstić information content (AvgIpc) is 2.98. The third-order valence-electron chi connectivity index (χ3n) is 4.42. The molecule has 116 valence electrons. The Bertz CT molecular complexity index is 815. The summed E-state index contributed by atoms with van der Waals surface area (Å²) >= 11 is 5.86. The van der Waals surface area contributed by atoms with Crippen LogP contribution in [0.5, 0.6) is 0 Å². The lowest BCUT2D eigenvalue weighted by Crippen LogP contribution is -2.33. The number of anilines is 2. The number of nitrogens with one attached hydrogen (secondary N) is 1. The van der Waals surface area contributed by atoms with E-state index in [4.69, 9.17) is 11.6 Å². The van der Waals surface area contributed by atoms with E-state index >= 15 is 0 Å². The van der Waals surface area contributed by atoms with Gasteiger partial charge in [0.05, 0.1) is 5.69 Å². The fraction of sp³-hybridized carbons (Fsp3) is 0.222. The van der Waals surface area contributed by atoms with E-state index in [2.05, 4.69) is 5.32 Å². The predicted octanol–water partition coefficient (Wildman–Crippen LogP) is 3.43. The Hall–Kier alpha value is -2.33. The van der Waals surface area contributed by atoms with Crippen molar-refractivity contribution >= 4 is 34.8 Å². The monoisotopic (exact) mass is 326 g/mol. The largest absolute Gasteiger partial charge is 0.322 e. The summed E-state index contributed by atoms with van der Waals surface area (Å²) in [6.45, 7) is 0.726. The van der Waals surface area contributed by atoms with Crippen molar-refractivity contribution in [2.75, 3.05) is 16.8 Å². The summed E-state index contributed by atoms with van der Waals surface area (Å²) in [6.07, 6.45) is 2.05. The first-order valence-electron chi connectivity index (χ1n) is 7.65. The molecule has 5 heteroatoms. The van der Waals surface area contributed by atoms with E-state index in [0.29, 0.717) is 29.1 Å². The summed E-state index contributed by atoms with van der Waals surface area (Å²) in [5.41, 5.74) is 4.58. The summed E-state index contributed by atoms with van der Waals surface area (Å²) in [4.78, 5) is 26.3. The molecular weight excluding hydrogens is 312 g/mol. The van der Waals surface area contributed by atoms with Crippen molar-refractivity contribution in [3.63, 3.8) is 0 Å². The molecule has 2 aliphatic heterocycles. The molecule has 0 saturated heterocycles. The van der Waals surface area contributed by atoms with Crippen LogP contribution < -0.4 is 10.2 Å². The van der Waals surface area contributed by atoms with Crippen molar-refractivity contribution in [1.82, 2.24) is 0 Å². The molecule has 0 fully saturated rings.